The molecule has 1 saturated heterocycles. The van der Waals surface area contributed by atoms with E-state index < -0.39 is 17.9 Å². The van der Waals surface area contributed by atoms with Crippen molar-refractivity contribution in [1.29, 1.82) is 0 Å². The van der Waals surface area contributed by atoms with Gasteiger partial charge in [-0.2, -0.15) is 0 Å². The molecular weight excluding hydrogens is 396 g/mol. The third-order valence-corrected chi connectivity index (χ3v) is 5.37. The molecule has 1 aliphatic heterocycles. The van der Waals surface area contributed by atoms with Crippen LogP contribution in [0.4, 0.5) is 0 Å². The molecule has 2 rings (SSSR count). The minimum atomic E-state index is -1.31. The number of nitrogens with one attached hydrogen (secondary N) is 1. The van der Waals surface area contributed by atoms with Gasteiger partial charge in [0.25, 0.3) is 5.91 Å². The van der Waals surface area contributed by atoms with E-state index in [-0.39, 0.29) is 18.9 Å². The summed E-state index contributed by atoms with van der Waals surface area (Å²) in [7, 11) is 0. The standard InChI is InChI=1S/C20H22N2O4S2/c1-2-7-15(19(25)26)21-17(23)12-13-22-18(24)16(28-20(22)27)11-6-10-14-8-4-3-5-9-14/h3-6,8-11,15H,2,7,12-13H2,1H3,(H,21,23)(H,25,26)/p-1/b10-6+,16-11+/t15-/m0/s1. The molecule has 1 aromatic rings. The number of amides is 2. The van der Waals surface area contributed by atoms with Crippen LogP contribution in [0.5, 0.6) is 0 Å². The normalized spacial score (nSPS) is 16.8. The zero-order valence-electron chi connectivity index (χ0n) is 15.4. The van der Waals surface area contributed by atoms with Crippen LogP contribution in [0.1, 0.15) is 31.7 Å². The minimum Gasteiger partial charge on any atom is -0.548 e. The van der Waals surface area contributed by atoms with Gasteiger partial charge in [-0.1, -0.05) is 79.8 Å². The first-order chi connectivity index (χ1) is 13.4. The molecule has 0 unspecified atom stereocenters. The molecule has 6 nitrogen and oxygen atoms in total. The molecule has 0 spiro atoms. The first-order valence-corrected chi connectivity index (χ1v) is 10.1. The van der Waals surface area contributed by atoms with E-state index in [0.29, 0.717) is 22.1 Å². The van der Waals surface area contributed by atoms with Gasteiger partial charge >= 0.3 is 0 Å². The fourth-order valence-electron chi connectivity index (χ4n) is 2.54. The second-order valence-corrected chi connectivity index (χ2v) is 7.78. The second-order valence-electron chi connectivity index (χ2n) is 6.10. The number of rotatable bonds is 9. The highest BCUT2D eigenvalue weighted by atomic mass is 32.2. The van der Waals surface area contributed by atoms with Gasteiger partial charge in [-0.25, -0.2) is 0 Å². The summed E-state index contributed by atoms with van der Waals surface area (Å²) in [6.45, 7) is 1.92. The molecule has 0 bridgehead atoms. The molecule has 0 radical (unpaired) electrons. The average molecular weight is 418 g/mol. The van der Waals surface area contributed by atoms with Crippen LogP contribution in [0.2, 0.25) is 0 Å². The summed E-state index contributed by atoms with van der Waals surface area (Å²) in [5.74, 6) is -2.02. The average Bonchev–Trinajstić information content (AvgIpc) is 2.93. The van der Waals surface area contributed by atoms with Gasteiger partial charge in [0.05, 0.1) is 16.9 Å². The van der Waals surface area contributed by atoms with Crippen LogP contribution in [-0.2, 0) is 14.4 Å². The predicted molar refractivity (Wildman–Crippen MR) is 112 cm³/mol. The SMILES string of the molecule is CCC[C@H](NC(=O)CCN1C(=O)/C(=C\C=C\c2ccccc2)SC1=S)C(=O)[O-]. The van der Waals surface area contributed by atoms with E-state index in [1.54, 1.807) is 12.2 Å². The highest BCUT2D eigenvalue weighted by Gasteiger charge is 2.31. The number of allylic oxidation sites excluding steroid dienone is 2. The number of carbonyl (C=O) groups excluding carboxylic acids is 3. The summed E-state index contributed by atoms with van der Waals surface area (Å²) in [5, 5.41) is 13.4. The Bertz CT molecular complexity index is 806. The molecule has 1 atom stereocenters. The maximum Gasteiger partial charge on any atom is 0.266 e. The monoisotopic (exact) mass is 417 g/mol. The molecule has 8 heteroatoms. The number of hydrogen-bond acceptors (Lipinski definition) is 6. The lowest BCUT2D eigenvalue weighted by Crippen LogP contribution is -2.48. The van der Waals surface area contributed by atoms with Crippen LogP contribution in [0.25, 0.3) is 6.08 Å². The van der Waals surface area contributed by atoms with Crippen LogP contribution in [0.3, 0.4) is 0 Å². The summed E-state index contributed by atoms with van der Waals surface area (Å²) < 4.78 is 0.377. The molecule has 2 amide bonds. The smallest absolute Gasteiger partial charge is 0.266 e. The van der Waals surface area contributed by atoms with Crippen molar-refractivity contribution in [2.75, 3.05) is 6.54 Å². The third-order valence-electron chi connectivity index (χ3n) is 3.97. The maximum atomic E-state index is 12.5. The third kappa shape index (κ3) is 6.31. The van der Waals surface area contributed by atoms with Gasteiger partial charge in [-0.05, 0) is 18.1 Å². The number of nitrogens with zero attached hydrogens (tertiary/aromatic N) is 1. The number of aliphatic carboxylic acids is 1. The molecule has 28 heavy (non-hydrogen) atoms. The molecule has 1 N–H and O–H groups in total. The Morgan fingerprint density at radius 3 is 2.68 bits per heavy atom. The van der Waals surface area contributed by atoms with Crippen molar-refractivity contribution in [2.24, 2.45) is 0 Å². The van der Waals surface area contributed by atoms with Crippen molar-refractivity contribution in [2.45, 2.75) is 32.2 Å². The Kier molecular flexibility index (Phi) is 8.41. The number of thiocarbonyl (C=S) groups is 1. The lowest BCUT2D eigenvalue weighted by molar-refractivity contribution is -0.308. The molecule has 1 fully saturated rings. The lowest BCUT2D eigenvalue weighted by Gasteiger charge is -2.20. The van der Waals surface area contributed by atoms with Crippen molar-refractivity contribution in [3.63, 3.8) is 0 Å². The van der Waals surface area contributed by atoms with Crippen LogP contribution >= 0.6 is 24.0 Å². The molecule has 0 aliphatic carbocycles. The van der Waals surface area contributed by atoms with Crippen molar-refractivity contribution >= 4 is 52.2 Å². The van der Waals surface area contributed by atoms with E-state index in [1.165, 1.54) is 16.7 Å². The molecular formula is C20H21N2O4S2-. The highest BCUT2D eigenvalue weighted by molar-refractivity contribution is 8.26. The first kappa shape index (κ1) is 21.8. The Labute approximate surface area is 173 Å². The van der Waals surface area contributed by atoms with Crippen LogP contribution < -0.4 is 10.4 Å². The Balaban J connectivity index is 1.91. The second kappa shape index (κ2) is 10.8. The molecule has 1 heterocycles. The van der Waals surface area contributed by atoms with E-state index in [0.717, 1.165) is 5.56 Å². The summed E-state index contributed by atoms with van der Waals surface area (Å²) in [4.78, 5) is 37.3. The number of carboxylic acids is 1. The van der Waals surface area contributed by atoms with E-state index in [2.05, 4.69) is 5.32 Å². The minimum absolute atomic E-state index is 0.0347. The number of carbonyl (C=O) groups is 3. The van der Waals surface area contributed by atoms with E-state index in [9.17, 15) is 19.5 Å². The zero-order chi connectivity index (χ0) is 20.5. The lowest BCUT2D eigenvalue weighted by atomic mass is 10.1. The summed E-state index contributed by atoms with van der Waals surface area (Å²) >= 11 is 6.41. The number of carboxylic acid groups (broad SMARTS) is 1. The highest BCUT2D eigenvalue weighted by Crippen LogP contribution is 2.31. The fourth-order valence-corrected chi connectivity index (χ4v) is 3.80. The van der Waals surface area contributed by atoms with Crippen molar-refractivity contribution < 1.29 is 19.5 Å². The van der Waals surface area contributed by atoms with Gasteiger partial charge in [0.2, 0.25) is 5.91 Å². The Hall–Kier alpha value is -2.45. The molecule has 1 aromatic carbocycles. The maximum absolute atomic E-state index is 12.5. The number of hydrogen-bond donors (Lipinski definition) is 1. The molecule has 0 saturated carbocycles. The molecule has 148 valence electrons. The van der Waals surface area contributed by atoms with Crippen LogP contribution in [0.15, 0.2) is 47.4 Å². The molecule has 1 aliphatic rings. The van der Waals surface area contributed by atoms with Gasteiger partial charge in [0, 0.05) is 13.0 Å². The summed E-state index contributed by atoms with van der Waals surface area (Å²) in [6.07, 6.45) is 6.23. The fraction of sp³-hybridized carbons (Fsp3) is 0.300. The number of benzene rings is 1. The van der Waals surface area contributed by atoms with Gasteiger partial charge in [0.1, 0.15) is 4.32 Å². The quantitative estimate of drug-likeness (QED) is 0.487. The van der Waals surface area contributed by atoms with Crippen LogP contribution in [0, 0.1) is 0 Å². The largest absolute Gasteiger partial charge is 0.548 e. The Morgan fingerprint density at radius 1 is 1.32 bits per heavy atom. The zero-order valence-corrected chi connectivity index (χ0v) is 17.1. The Morgan fingerprint density at radius 2 is 2.04 bits per heavy atom. The van der Waals surface area contributed by atoms with Crippen molar-refractivity contribution in [1.82, 2.24) is 10.2 Å². The topological polar surface area (TPSA) is 89.5 Å². The van der Waals surface area contributed by atoms with Gasteiger partial charge in [0.15, 0.2) is 0 Å². The molecule has 0 aromatic heterocycles. The van der Waals surface area contributed by atoms with Gasteiger partial charge in [-0.15, -0.1) is 0 Å². The van der Waals surface area contributed by atoms with Gasteiger partial charge < -0.3 is 15.2 Å². The van der Waals surface area contributed by atoms with Gasteiger partial charge in [-0.3, -0.25) is 14.5 Å². The summed E-state index contributed by atoms with van der Waals surface area (Å²) in [6, 6.07) is 8.66. The summed E-state index contributed by atoms with van der Waals surface area (Å²) in [5.41, 5.74) is 1.01. The van der Waals surface area contributed by atoms with E-state index in [1.807, 2.05) is 43.3 Å². The van der Waals surface area contributed by atoms with Crippen molar-refractivity contribution in [3.05, 3.63) is 53.0 Å². The van der Waals surface area contributed by atoms with Crippen molar-refractivity contribution in [3.8, 4) is 0 Å². The van der Waals surface area contributed by atoms with Crippen LogP contribution in [-0.4, -0.2) is 39.6 Å². The predicted octanol–water partition coefficient (Wildman–Crippen LogP) is 1.87. The number of thioether (sulfide) groups is 1. The van der Waals surface area contributed by atoms with E-state index >= 15 is 0 Å². The first-order valence-electron chi connectivity index (χ1n) is 8.89. The van der Waals surface area contributed by atoms with E-state index in [4.69, 9.17) is 12.2 Å².